The molecule has 1 unspecified atom stereocenters. The average molecular weight is 322 g/mol. The maximum absolute atomic E-state index is 13.1. The highest BCUT2D eigenvalue weighted by Gasteiger charge is 2.18. The lowest BCUT2D eigenvalue weighted by molar-refractivity contribution is 0.431. The number of phenols is 1. The van der Waals surface area contributed by atoms with Gasteiger partial charge in [-0.25, -0.2) is 8.60 Å². The van der Waals surface area contributed by atoms with Crippen LogP contribution in [0.1, 0.15) is 26.3 Å². The van der Waals surface area contributed by atoms with Gasteiger partial charge in [0.2, 0.25) is 0 Å². The van der Waals surface area contributed by atoms with E-state index in [2.05, 4.69) is 20.3 Å². The van der Waals surface area contributed by atoms with Gasteiger partial charge in [0.25, 0.3) is 0 Å². The molecule has 0 spiro atoms. The van der Waals surface area contributed by atoms with Crippen LogP contribution in [0.4, 0.5) is 4.39 Å². The fraction of sp³-hybridized carbons (Fsp3) is 0.364. The van der Waals surface area contributed by atoms with Crippen LogP contribution in [0.2, 0.25) is 0 Å². The van der Waals surface area contributed by atoms with Crippen LogP contribution in [0.15, 0.2) is 21.0 Å². The zero-order valence-corrected chi connectivity index (χ0v) is 12.1. The Morgan fingerprint density at radius 3 is 2.59 bits per heavy atom. The summed E-state index contributed by atoms with van der Waals surface area (Å²) in [7, 11) is -1.45. The molecule has 0 amide bonds. The molecule has 0 bridgehead atoms. The summed E-state index contributed by atoms with van der Waals surface area (Å²) in [5.41, 5.74) is 0.183. The van der Waals surface area contributed by atoms with Gasteiger partial charge in [0, 0.05) is 10.7 Å². The Morgan fingerprint density at radius 2 is 2.06 bits per heavy atom. The molecule has 94 valence electrons. The molecule has 1 rings (SSSR count). The quantitative estimate of drug-likeness (QED) is 0.850. The van der Waals surface area contributed by atoms with Crippen LogP contribution in [0, 0.1) is 5.82 Å². The second kappa shape index (κ2) is 5.27. The SMILES string of the molecule is CC(C)(C)S(=O)N=Cc1c(Br)ccc(F)c1O. The summed E-state index contributed by atoms with van der Waals surface area (Å²) in [6, 6.07) is 2.59. The van der Waals surface area contributed by atoms with Crippen molar-refractivity contribution >= 4 is 33.1 Å². The number of aromatic hydroxyl groups is 1. The summed E-state index contributed by atoms with van der Waals surface area (Å²) in [6.07, 6.45) is 1.21. The van der Waals surface area contributed by atoms with Gasteiger partial charge in [0.15, 0.2) is 11.6 Å². The smallest absolute Gasteiger partial charge is 0.165 e. The van der Waals surface area contributed by atoms with Gasteiger partial charge in [-0.15, -0.1) is 0 Å². The fourth-order valence-corrected chi connectivity index (χ4v) is 1.88. The topological polar surface area (TPSA) is 49.7 Å². The van der Waals surface area contributed by atoms with Gasteiger partial charge in [-0.2, -0.15) is 4.40 Å². The van der Waals surface area contributed by atoms with Crippen molar-refractivity contribution in [1.29, 1.82) is 0 Å². The first-order chi connectivity index (χ1) is 7.73. The largest absolute Gasteiger partial charge is 0.504 e. The highest BCUT2D eigenvalue weighted by Crippen LogP contribution is 2.27. The summed E-state index contributed by atoms with van der Waals surface area (Å²) < 4.78 is 28.6. The zero-order valence-electron chi connectivity index (χ0n) is 9.70. The average Bonchev–Trinajstić information content (AvgIpc) is 2.22. The molecule has 0 heterocycles. The third kappa shape index (κ3) is 3.61. The molecule has 6 heteroatoms. The summed E-state index contributed by atoms with van der Waals surface area (Å²) in [5.74, 6) is -1.25. The van der Waals surface area contributed by atoms with Crippen molar-refractivity contribution < 1.29 is 13.7 Å². The van der Waals surface area contributed by atoms with Crippen LogP contribution in [0.5, 0.6) is 5.75 Å². The molecule has 1 aromatic rings. The summed E-state index contributed by atoms with van der Waals surface area (Å²) in [5, 5.41) is 9.50. The van der Waals surface area contributed by atoms with Gasteiger partial charge in [-0.3, -0.25) is 0 Å². The van der Waals surface area contributed by atoms with Crippen LogP contribution in [-0.2, 0) is 11.0 Å². The summed E-state index contributed by atoms with van der Waals surface area (Å²) in [4.78, 5) is 0. The van der Waals surface area contributed by atoms with E-state index in [4.69, 9.17) is 0 Å². The van der Waals surface area contributed by atoms with E-state index in [1.165, 1.54) is 12.3 Å². The van der Waals surface area contributed by atoms with Crippen molar-refractivity contribution in [3.05, 3.63) is 28.0 Å². The molecule has 0 aliphatic heterocycles. The first kappa shape index (κ1) is 14.3. The van der Waals surface area contributed by atoms with E-state index in [0.29, 0.717) is 4.47 Å². The molecule has 1 N–H and O–H groups in total. The number of halogens is 2. The lowest BCUT2D eigenvalue weighted by Crippen LogP contribution is -2.19. The highest BCUT2D eigenvalue weighted by atomic mass is 79.9. The number of nitrogens with zero attached hydrogens (tertiary/aromatic N) is 1. The number of phenolic OH excluding ortho intramolecular Hbond substituents is 1. The lowest BCUT2D eigenvalue weighted by atomic mass is 10.2. The molecular weight excluding hydrogens is 309 g/mol. The van der Waals surface area contributed by atoms with Crippen LogP contribution < -0.4 is 0 Å². The number of rotatable bonds is 2. The van der Waals surface area contributed by atoms with Crippen molar-refractivity contribution in [2.24, 2.45) is 4.40 Å². The second-order valence-electron chi connectivity index (χ2n) is 4.39. The molecule has 0 aliphatic rings. The van der Waals surface area contributed by atoms with Crippen LogP contribution in [-0.4, -0.2) is 20.3 Å². The molecule has 17 heavy (non-hydrogen) atoms. The normalized spacial score (nSPS) is 14.2. The van der Waals surface area contributed by atoms with Crippen molar-refractivity contribution in [3.63, 3.8) is 0 Å². The minimum Gasteiger partial charge on any atom is -0.504 e. The van der Waals surface area contributed by atoms with Crippen molar-refractivity contribution in [2.75, 3.05) is 0 Å². The predicted molar refractivity (Wildman–Crippen MR) is 71.3 cm³/mol. The van der Waals surface area contributed by atoms with Gasteiger partial charge < -0.3 is 5.11 Å². The molecule has 0 fully saturated rings. The molecule has 0 radical (unpaired) electrons. The Hall–Kier alpha value is -0.750. The van der Waals surface area contributed by atoms with E-state index in [0.717, 1.165) is 6.07 Å². The molecule has 3 nitrogen and oxygen atoms in total. The Bertz CT molecular complexity index is 483. The third-order valence-electron chi connectivity index (χ3n) is 1.92. The summed E-state index contributed by atoms with van der Waals surface area (Å²) in [6.45, 7) is 5.34. The fourth-order valence-electron chi connectivity index (χ4n) is 0.938. The molecule has 0 aromatic heterocycles. The Morgan fingerprint density at radius 1 is 1.47 bits per heavy atom. The van der Waals surface area contributed by atoms with E-state index >= 15 is 0 Å². The lowest BCUT2D eigenvalue weighted by Gasteiger charge is -2.13. The van der Waals surface area contributed by atoms with Gasteiger partial charge in [0.1, 0.15) is 11.0 Å². The van der Waals surface area contributed by atoms with E-state index in [-0.39, 0.29) is 5.56 Å². The Labute approximate surface area is 110 Å². The number of benzene rings is 1. The first-order valence-electron chi connectivity index (χ1n) is 4.86. The second-order valence-corrected chi connectivity index (χ2v) is 7.18. The van der Waals surface area contributed by atoms with Gasteiger partial charge >= 0.3 is 0 Å². The predicted octanol–water partition coefficient (Wildman–Crippen LogP) is 3.17. The molecule has 0 saturated carbocycles. The van der Waals surface area contributed by atoms with E-state index in [1.54, 1.807) is 20.8 Å². The van der Waals surface area contributed by atoms with Crippen LogP contribution >= 0.6 is 15.9 Å². The van der Waals surface area contributed by atoms with Crippen LogP contribution in [0.25, 0.3) is 0 Å². The minimum absolute atomic E-state index is 0.183. The number of hydrogen-bond acceptors (Lipinski definition) is 2. The van der Waals surface area contributed by atoms with Crippen molar-refractivity contribution in [3.8, 4) is 5.75 Å². The number of hydrogen-bond donors (Lipinski definition) is 1. The zero-order chi connectivity index (χ0) is 13.2. The standard InChI is InChI=1S/C11H13BrFNO2S/c1-11(2,3)17(16)14-6-7-8(12)4-5-9(13)10(7)15/h4-6,15H,1-3H3. The van der Waals surface area contributed by atoms with Gasteiger partial charge in [-0.05, 0) is 48.8 Å². The molecule has 1 aromatic carbocycles. The van der Waals surface area contributed by atoms with Crippen molar-refractivity contribution in [2.45, 2.75) is 25.5 Å². The molecular formula is C11H13BrFNO2S. The van der Waals surface area contributed by atoms with Gasteiger partial charge in [-0.1, -0.05) is 0 Å². The molecule has 1 atom stereocenters. The molecule has 0 saturated heterocycles. The van der Waals surface area contributed by atoms with Gasteiger partial charge in [0.05, 0.1) is 10.3 Å². The van der Waals surface area contributed by atoms with Crippen LogP contribution in [0.3, 0.4) is 0 Å². The van der Waals surface area contributed by atoms with Crippen molar-refractivity contribution in [1.82, 2.24) is 0 Å². The first-order valence-corrected chi connectivity index (χ1v) is 6.76. The Balaban J connectivity index is 3.08. The Kier molecular flexibility index (Phi) is 4.43. The third-order valence-corrected chi connectivity index (χ3v) is 3.95. The van der Waals surface area contributed by atoms with E-state index in [9.17, 15) is 13.7 Å². The summed E-state index contributed by atoms with van der Waals surface area (Å²) >= 11 is 3.16. The molecule has 0 aliphatic carbocycles. The van der Waals surface area contributed by atoms with E-state index in [1.807, 2.05) is 0 Å². The maximum atomic E-state index is 13.1. The minimum atomic E-state index is -1.45. The van der Waals surface area contributed by atoms with E-state index < -0.39 is 27.3 Å². The maximum Gasteiger partial charge on any atom is 0.165 e. The highest BCUT2D eigenvalue weighted by molar-refractivity contribution is 9.10. The monoisotopic (exact) mass is 321 g/mol.